The molecule has 0 spiro atoms. The summed E-state index contributed by atoms with van der Waals surface area (Å²) in [6.07, 6.45) is 2.62. The van der Waals surface area contributed by atoms with E-state index in [1.54, 1.807) is 6.08 Å². The third-order valence-corrected chi connectivity index (χ3v) is 2.77. The quantitative estimate of drug-likeness (QED) is 0.643. The highest BCUT2D eigenvalue weighted by atomic mass is 32.1. The molecule has 1 heterocycles. The van der Waals surface area contributed by atoms with Crippen LogP contribution < -0.4 is 15.8 Å². The van der Waals surface area contributed by atoms with Crippen molar-refractivity contribution >= 4 is 28.9 Å². The van der Waals surface area contributed by atoms with Crippen LogP contribution in [0.25, 0.3) is 0 Å². The molecule has 0 bridgehead atoms. The summed E-state index contributed by atoms with van der Waals surface area (Å²) in [5, 5.41) is 5.54. The molecule has 0 aromatic heterocycles. The van der Waals surface area contributed by atoms with Crippen LogP contribution in [0.3, 0.4) is 0 Å². The molecule has 1 saturated heterocycles. The molecule has 1 aromatic carbocycles. The highest BCUT2D eigenvalue weighted by Gasteiger charge is 2.17. The van der Waals surface area contributed by atoms with Gasteiger partial charge in [0.15, 0.2) is 5.11 Å². The number of hydrogen-bond acceptors (Lipinski definition) is 2. The highest BCUT2D eigenvalue weighted by molar-refractivity contribution is 7.80. The molecule has 4 nitrogen and oxygen atoms in total. The summed E-state index contributed by atoms with van der Waals surface area (Å²) in [5.74, 6) is 0.889. The molecule has 0 amide bonds. The summed E-state index contributed by atoms with van der Waals surface area (Å²) in [6, 6.07) is 10.2. The number of benzene rings is 1. The first kappa shape index (κ1) is 12.6. The molecule has 18 heavy (non-hydrogen) atoms. The number of hydrazine groups is 1. The van der Waals surface area contributed by atoms with Gasteiger partial charge in [-0.2, -0.15) is 0 Å². The fourth-order valence-electron chi connectivity index (χ4n) is 1.69. The first-order chi connectivity index (χ1) is 8.79. The van der Waals surface area contributed by atoms with Crippen LogP contribution in [0.1, 0.15) is 6.42 Å². The van der Waals surface area contributed by atoms with Crippen LogP contribution in [-0.2, 0) is 0 Å². The number of amidine groups is 1. The van der Waals surface area contributed by atoms with Crippen LogP contribution in [0, 0.1) is 0 Å². The van der Waals surface area contributed by atoms with Gasteiger partial charge in [-0.05, 0) is 24.4 Å². The lowest BCUT2D eigenvalue weighted by Gasteiger charge is -2.17. The Labute approximate surface area is 112 Å². The molecule has 0 unspecified atom stereocenters. The minimum atomic E-state index is 0.493. The van der Waals surface area contributed by atoms with Gasteiger partial charge in [0.25, 0.3) is 0 Å². The van der Waals surface area contributed by atoms with E-state index in [9.17, 15) is 0 Å². The van der Waals surface area contributed by atoms with Gasteiger partial charge in [-0.15, -0.1) is 6.58 Å². The maximum absolute atomic E-state index is 5.11. The van der Waals surface area contributed by atoms with Gasteiger partial charge in [-0.25, -0.2) is 4.99 Å². The van der Waals surface area contributed by atoms with Gasteiger partial charge in [-0.3, -0.25) is 10.4 Å². The monoisotopic (exact) mass is 260 g/mol. The Morgan fingerprint density at radius 3 is 3.00 bits per heavy atom. The SMILES string of the molecule is C=CCNC(=S)/N=C1/CCN(c2ccccc2)N1. The summed E-state index contributed by atoms with van der Waals surface area (Å²) in [7, 11) is 0. The number of anilines is 1. The summed E-state index contributed by atoms with van der Waals surface area (Å²) in [6.45, 7) is 5.15. The summed E-state index contributed by atoms with van der Waals surface area (Å²) in [4.78, 5) is 4.33. The molecule has 0 atom stereocenters. The molecule has 0 saturated carbocycles. The fourth-order valence-corrected chi connectivity index (χ4v) is 1.88. The van der Waals surface area contributed by atoms with E-state index in [1.165, 1.54) is 0 Å². The van der Waals surface area contributed by atoms with E-state index in [-0.39, 0.29) is 0 Å². The smallest absolute Gasteiger partial charge is 0.194 e. The van der Waals surface area contributed by atoms with Crippen molar-refractivity contribution in [2.75, 3.05) is 18.1 Å². The number of nitrogens with zero attached hydrogens (tertiary/aromatic N) is 2. The van der Waals surface area contributed by atoms with Crippen LogP contribution in [0.4, 0.5) is 5.69 Å². The standard InChI is InChI=1S/C13H16N4S/c1-2-9-14-13(18)15-12-8-10-17(16-12)11-6-4-3-5-7-11/h2-7H,1,8-10H2,(H2,14,15,16,18). The van der Waals surface area contributed by atoms with E-state index in [0.717, 1.165) is 24.5 Å². The Kier molecular flexibility index (Phi) is 4.30. The number of aliphatic imine (C=N–C) groups is 1. The van der Waals surface area contributed by atoms with E-state index in [4.69, 9.17) is 12.2 Å². The zero-order chi connectivity index (χ0) is 12.8. The van der Waals surface area contributed by atoms with Crippen molar-refractivity contribution in [3.63, 3.8) is 0 Å². The van der Waals surface area contributed by atoms with Gasteiger partial charge in [0.2, 0.25) is 0 Å². The van der Waals surface area contributed by atoms with Crippen molar-refractivity contribution in [1.82, 2.24) is 10.7 Å². The molecule has 0 radical (unpaired) electrons. The molecule has 1 aliphatic heterocycles. The Balaban J connectivity index is 1.94. The Bertz CT molecular complexity index is 455. The van der Waals surface area contributed by atoms with Gasteiger partial charge < -0.3 is 5.32 Å². The fraction of sp³-hybridized carbons (Fsp3) is 0.231. The summed E-state index contributed by atoms with van der Waals surface area (Å²) < 4.78 is 0. The highest BCUT2D eigenvalue weighted by Crippen LogP contribution is 2.14. The molecule has 0 aliphatic carbocycles. The average molecular weight is 260 g/mol. The summed E-state index contributed by atoms with van der Waals surface area (Å²) >= 11 is 5.11. The normalized spacial score (nSPS) is 16.4. The van der Waals surface area contributed by atoms with E-state index in [0.29, 0.717) is 11.7 Å². The van der Waals surface area contributed by atoms with Gasteiger partial charge in [-0.1, -0.05) is 24.3 Å². The van der Waals surface area contributed by atoms with Crippen molar-refractivity contribution < 1.29 is 0 Å². The lowest BCUT2D eigenvalue weighted by molar-refractivity contribution is 0.858. The van der Waals surface area contributed by atoms with Crippen LogP contribution >= 0.6 is 12.2 Å². The molecule has 1 aromatic rings. The number of rotatable bonds is 3. The predicted molar refractivity (Wildman–Crippen MR) is 79.8 cm³/mol. The maximum atomic E-state index is 5.11. The third kappa shape index (κ3) is 3.30. The Morgan fingerprint density at radius 2 is 2.28 bits per heavy atom. The van der Waals surface area contributed by atoms with Crippen molar-refractivity contribution in [3.8, 4) is 0 Å². The lowest BCUT2D eigenvalue weighted by Crippen LogP contribution is -2.34. The molecule has 2 rings (SSSR count). The molecule has 5 heteroatoms. The average Bonchev–Trinajstić information content (AvgIpc) is 2.86. The Hall–Kier alpha value is -1.88. The minimum absolute atomic E-state index is 0.493. The van der Waals surface area contributed by atoms with E-state index < -0.39 is 0 Å². The molecule has 1 aliphatic rings. The largest absolute Gasteiger partial charge is 0.357 e. The van der Waals surface area contributed by atoms with Crippen LogP contribution in [0.5, 0.6) is 0 Å². The number of hydrogen-bond donors (Lipinski definition) is 2. The van der Waals surface area contributed by atoms with Crippen LogP contribution in [0.2, 0.25) is 0 Å². The molecule has 2 N–H and O–H groups in total. The van der Waals surface area contributed by atoms with E-state index in [1.807, 2.05) is 18.2 Å². The first-order valence-electron chi connectivity index (χ1n) is 5.85. The van der Waals surface area contributed by atoms with Gasteiger partial charge >= 0.3 is 0 Å². The first-order valence-corrected chi connectivity index (χ1v) is 6.26. The van der Waals surface area contributed by atoms with Crippen molar-refractivity contribution in [3.05, 3.63) is 43.0 Å². The zero-order valence-corrected chi connectivity index (χ0v) is 10.9. The van der Waals surface area contributed by atoms with Crippen LogP contribution in [-0.4, -0.2) is 24.0 Å². The summed E-state index contributed by atoms with van der Waals surface area (Å²) in [5.41, 5.74) is 4.38. The second-order valence-electron chi connectivity index (χ2n) is 3.88. The van der Waals surface area contributed by atoms with Gasteiger partial charge in [0.1, 0.15) is 5.84 Å². The van der Waals surface area contributed by atoms with Gasteiger partial charge in [0, 0.05) is 19.5 Å². The molecule has 94 valence electrons. The maximum Gasteiger partial charge on any atom is 0.194 e. The number of thiocarbonyl (C=S) groups is 1. The second-order valence-corrected chi connectivity index (χ2v) is 4.27. The topological polar surface area (TPSA) is 39.7 Å². The number of para-hydroxylation sites is 1. The number of nitrogens with one attached hydrogen (secondary N) is 2. The zero-order valence-electron chi connectivity index (χ0n) is 10.1. The van der Waals surface area contributed by atoms with Gasteiger partial charge in [0.05, 0.1) is 5.69 Å². The predicted octanol–water partition coefficient (Wildman–Crippen LogP) is 1.86. The third-order valence-electron chi connectivity index (χ3n) is 2.54. The molecular weight excluding hydrogens is 244 g/mol. The van der Waals surface area contributed by atoms with Crippen molar-refractivity contribution in [2.24, 2.45) is 4.99 Å². The van der Waals surface area contributed by atoms with E-state index in [2.05, 4.69) is 39.5 Å². The minimum Gasteiger partial charge on any atom is -0.357 e. The Morgan fingerprint density at radius 1 is 1.50 bits per heavy atom. The van der Waals surface area contributed by atoms with E-state index >= 15 is 0 Å². The molecule has 1 fully saturated rings. The van der Waals surface area contributed by atoms with Crippen molar-refractivity contribution in [2.45, 2.75) is 6.42 Å². The van der Waals surface area contributed by atoms with Crippen molar-refractivity contribution in [1.29, 1.82) is 0 Å². The molecular formula is C13H16N4S. The second kappa shape index (κ2) is 6.16. The lowest BCUT2D eigenvalue weighted by atomic mass is 10.3. The van der Waals surface area contributed by atoms with Crippen LogP contribution in [0.15, 0.2) is 48.0 Å².